The molecule has 3 nitrogen and oxygen atoms in total. The first-order valence-corrected chi connectivity index (χ1v) is 5.85. The molecule has 0 spiro atoms. The van der Waals surface area contributed by atoms with Crippen LogP contribution in [0.4, 0.5) is 0 Å². The molecular formula is C12H11N3S. The Morgan fingerprint density at radius 3 is 2.81 bits per heavy atom. The van der Waals surface area contributed by atoms with Gasteiger partial charge in [-0.1, -0.05) is 41.8 Å². The second kappa shape index (κ2) is 5.38. The average Bonchev–Trinajstić information content (AvgIpc) is 2.72. The van der Waals surface area contributed by atoms with Gasteiger partial charge in [0.1, 0.15) is 6.33 Å². The van der Waals surface area contributed by atoms with E-state index in [1.54, 1.807) is 18.1 Å². The standard InChI is InChI=1S/C12H11N3S/c1-15-10-13-14-12(15)16-9-5-8-11-6-3-2-4-7-11/h2-4,6-7,10H,9H2,1H3. The molecule has 0 atom stereocenters. The first-order chi connectivity index (χ1) is 7.86. The smallest absolute Gasteiger partial charge is 0.191 e. The molecule has 1 aromatic carbocycles. The van der Waals surface area contributed by atoms with E-state index in [0.29, 0.717) is 0 Å². The number of nitrogens with zero attached hydrogens (tertiary/aromatic N) is 3. The molecule has 16 heavy (non-hydrogen) atoms. The third-order valence-electron chi connectivity index (χ3n) is 1.95. The minimum atomic E-state index is 0.724. The summed E-state index contributed by atoms with van der Waals surface area (Å²) in [5.74, 6) is 6.92. The van der Waals surface area contributed by atoms with Crippen molar-refractivity contribution in [2.75, 3.05) is 5.75 Å². The Labute approximate surface area is 98.9 Å². The Bertz CT molecular complexity index is 508. The highest BCUT2D eigenvalue weighted by Crippen LogP contribution is 2.11. The van der Waals surface area contributed by atoms with Crippen molar-refractivity contribution in [2.45, 2.75) is 5.16 Å². The molecule has 0 radical (unpaired) electrons. The lowest BCUT2D eigenvalue weighted by Crippen LogP contribution is -1.88. The molecule has 0 aliphatic heterocycles. The van der Waals surface area contributed by atoms with Gasteiger partial charge < -0.3 is 4.57 Å². The minimum Gasteiger partial charge on any atom is -0.312 e. The van der Waals surface area contributed by atoms with E-state index in [4.69, 9.17) is 0 Å². The Kier molecular flexibility index (Phi) is 3.62. The largest absolute Gasteiger partial charge is 0.312 e. The molecule has 0 amide bonds. The number of aryl methyl sites for hydroxylation is 1. The fourth-order valence-corrected chi connectivity index (χ4v) is 1.79. The topological polar surface area (TPSA) is 30.7 Å². The van der Waals surface area contributed by atoms with E-state index in [1.807, 2.05) is 41.9 Å². The molecule has 0 N–H and O–H groups in total. The van der Waals surface area contributed by atoms with Crippen molar-refractivity contribution in [3.05, 3.63) is 42.2 Å². The molecule has 2 rings (SSSR count). The summed E-state index contributed by atoms with van der Waals surface area (Å²) in [6.07, 6.45) is 1.69. The zero-order valence-corrected chi connectivity index (χ0v) is 9.74. The Balaban J connectivity index is 1.90. The first-order valence-electron chi connectivity index (χ1n) is 4.87. The third kappa shape index (κ3) is 2.88. The van der Waals surface area contributed by atoms with Gasteiger partial charge in [0.25, 0.3) is 0 Å². The first kappa shape index (κ1) is 10.8. The highest BCUT2D eigenvalue weighted by Gasteiger charge is 1.97. The number of rotatable bonds is 2. The van der Waals surface area contributed by atoms with Gasteiger partial charge >= 0.3 is 0 Å². The van der Waals surface area contributed by atoms with Crippen molar-refractivity contribution in [1.82, 2.24) is 14.8 Å². The maximum absolute atomic E-state index is 3.97. The van der Waals surface area contributed by atoms with Crippen molar-refractivity contribution in [1.29, 1.82) is 0 Å². The van der Waals surface area contributed by atoms with Crippen molar-refractivity contribution in [3.63, 3.8) is 0 Å². The molecule has 80 valence electrons. The molecule has 4 heteroatoms. The lowest BCUT2D eigenvalue weighted by molar-refractivity contribution is 0.789. The maximum Gasteiger partial charge on any atom is 0.191 e. The maximum atomic E-state index is 3.97. The number of hydrogen-bond donors (Lipinski definition) is 0. The predicted octanol–water partition coefficient (Wildman–Crippen LogP) is 1.96. The van der Waals surface area contributed by atoms with E-state index in [9.17, 15) is 0 Å². The molecule has 1 heterocycles. The van der Waals surface area contributed by atoms with Crippen LogP contribution in [0, 0.1) is 11.8 Å². The van der Waals surface area contributed by atoms with Gasteiger partial charge in [-0.05, 0) is 12.1 Å². The van der Waals surface area contributed by atoms with Crippen LogP contribution in [-0.4, -0.2) is 20.5 Å². The fraction of sp³-hybridized carbons (Fsp3) is 0.167. The van der Waals surface area contributed by atoms with Gasteiger partial charge in [0, 0.05) is 12.6 Å². The summed E-state index contributed by atoms with van der Waals surface area (Å²) >= 11 is 1.59. The zero-order chi connectivity index (χ0) is 11.2. The highest BCUT2D eigenvalue weighted by molar-refractivity contribution is 7.99. The van der Waals surface area contributed by atoms with Crippen LogP contribution in [0.5, 0.6) is 0 Å². The fourth-order valence-electron chi connectivity index (χ4n) is 1.16. The van der Waals surface area contributed by atoms with Crippen molar-refractivity contribution >= 4 is 11.8 Å². The van der Waals surface area contributed by atoms with Crippen LogP contribution in [0.3, 0.4) is 0 Å². The van der Waals surface area contributed by atoms with Gasteiger partial charge in [-0.3, -0.25) is 0 Å². The van der Waals surface area contributed by atoms with Crippen LogP contribution in [0.15, 0.2) is 41.8 Å². The summed E-state index contributed by atoms with van der Waals surface area (Å²) in [4.78, 5) is 0. The third-order valence-corrected chi connectivity index (χ3v) is 2.87. The van der Waals surface area contributed by atoms with Gasteiger partial charge in [-0.2, -0.15) is 0 Å². The monoisotopic (exact) mass is 229 g/mol. The second-order valence-electron chi connectivity index (χ2n) is 3.18. The molecule has 0 aliphatic carbocycles. The molecule has 0 saturated carbocycles. The number of aromatic nitrogens is 3. The van der Waals surface area contributed by atoms with E-state index in [-0.39, 0.29) is 0 Å². The Morgan fingerprint density at radius 2 is 2.12 bits per heavy atom. The molecule has 0 saturated heterocycles. The quantitative estimate of drug-likeness (QED) is 0.582. The normalized spacial score (nSPS) is 9.56. The lowest BCUT2D eigenvalue weighted by Gasteiger charge is -1.94. The van der Waals surface area contributed by atoms with E-state index in [2.05, 4.69) is 22.0 Å². The molecule has 0 unspecified atom stereocenters. The highest BCUT2D eigenvalue weighted by atomic mass is 32.2. The van der Waals surface area contributed by atoms with Crippen LogP contribution in [-0.2, 0) is 7.05 Å². The van der Waals surface area contributed by atoms with Crippen molar-refractivity contribution in [3.8, 4) is 11.8 Å². The second-order valence-corrected chi connectivity index (χ2v) is 4.12. The van der Waals surface area contributed by atoms with E-state index < -0.39 is 0 Å². The lowest BCUT2D eigenvalue weighted by atomic mass is 10.2. The van der Waals surface area contributed by atoms with Gasteiger partial charge in [0.05, 0.1) is 5.75 Å². The van der Waals surface area contributed by atoms with E-state index in [0.717, 1.165) is 16.5 Å². The van der Waals surface area contributed by atoms with Crippen LogP contribution in [0.2, 0.25) is 0 Å². The molecule has 0 bridgehead atoms. The number of thioether (sulfide) groups is 1. The van der Waals surface area contributed by atoms with Gasteiger partial charge in [-0.25, -0.2) is 0 Å². The SMILES string of the molecule is Cn1cnnc1SCC#Cc1ccccc1. The summed E-state index contributed by atoms with van der Waals surface area (Å²) in [7, 11) is 1.92. The van der Waals surface area contributed by atoms with Crippen LogP contribution < -0.4 is 0 Å². The summed E-state index contributed by atoms with van der Waals surface area (Å²) in [6.45, 7) is 0. The van der Waals surface area contributed by atoms with Crippen LogP contribution >= 0.6 is 11.8 Å². The van der Waals surface area contributed by atoms with E-state index >= 15 is 0 Å². The minimum absolute atomic E-state index is 0.724. The number of benzene rings is 1. The summed E-state index contributed by atoms with van der Waals surface area (Å²) in [6, 6.07) is 9.96. The molecule has 2 aromatic rings. The number of hydrogen-bond acceptors (Lipinski definition) is 3. The van der Waals surface area contributed by atoms with Gasteiger partial charge in [0.2, 0.25) is 0 Å². The Morgan fingerprint density at radius 1 is 1.31 bits per heavy atom. The van der Waals surface area contributed by atoms with Crippen molar-refractivity contribution in [2.24, 2.45) is 7.05 Å². The van der Waals surface area contributed by atoms with E-state index in [1.165, 1.54) is 0 Å². The summed E-state index contributed by atoms with van der Waals surface area (Å²) in [5.41, 5.74) is 1.04. The average molecular weight is 229 g/mol. The summed E-state index contributed by atoms with van der Waals surface area (Å²) < 4.78 is 1.88. The van der Waals surface area contributed by atoms with Gasteiger partial charge in [-0.15, -0.1) is 10.2 Å². The molecule has 0 fully saturated rings. The zero-order valence-electron chi connectivity index (χ0n) is 8.92. The van der Waals surface area contributed by atoms with Crippen LogP contribution in [0.25, 0.3) is 0 Å². The summed E-state index contributed by atoms with van der Waals surface area (Å²) in [5, 5.41) is 8.66. The van der Waals surface area contributed by atoms with Crippen molar-refractivity contribution < 1.29 is 0 Å². The predicted molar refractivity (Wildman–Crippen MR) is 65.0 cm³/mol. The molecule has 1 aromatic heterocycles. The van der Waals surface area contributed by atoms with Gasteiger partial charge in [0.15, 0.2) is 5.16 Å². The molecule has 0 aliphatic rings. The Hall–Kier alpha value is -1.73. The molecular weight excluding hydrogens is 218 g/mol. The van der Waals surface area contributed by atoms with Crippen LogP contribution in [0.1, 0.15) is 5.56 Å².